The maximum atomic E-state index is 14.7. The van der Waals surface area contributed by atoms with Gasteiger partial charge in [-0.05, 0) is 27.2 Å². The molecular weight excluding hydrogens is 437 g/mol. The minimum absolute atomic E-state index is 0.0627. The van der Waals surface area contributed by atoms with Crippen LogP contribution in [-0.4, -0.2) is 34.9 Å². The van der Waals surface area contributed by atoms with Crippen molar-refractivity contribution in [1.82, 2.24) is 14.5 Å². The molecule has 1 N–H and O–H groups in total. The Balaban J connectivity index is 1.86. The van der Waals surface area contributed by atoms with Crippen LogP contribution in [0.25, 0.3) is 10.9 Å². The number of aromatic nitrogens is 3. The zero-order chi connectivity index (χ0) is 23.9. The molecule has 7 nitrogen and oxygen atoms in total. The molecule has 4 rings (SSSR count). The van der Waals surface area contributed by atoms with Crippen molar-refractivity contribution in [3.63, 3.8) is 0 Å². The number of rotatable bonds is 6. The molecule has 1 fully saturated rings. The van der Waals surface area contributed by atoms with Crippen LogP contribution in [0.1, 0.15) is 49.7 Å². The largest absolute Gasteiger partial charge is 0.490 e. The summed E-state index contributed by atoms with van der Waals surface area (Å²) in [6, 6.07) is 3.21. The van der Waals surface area contributed by atoms with Gasteiger partial charge in [-0.2, -0.15) is 0 Å². The van der Waals surface area contributed by atoms with E-state index in [1.54, 1.807) is 24.6 Å². The second-order valence-corrected chi connectivity index (χ2v) is 8.44. The first kappa shape index (κ1) is 23.0. The number of nitrogens with one attached hydrogen (secondary N) is 1. The number of benzene rings is 1. The van der Waals surface area contributed by atoms with Gasteiger partial charge >= 0.3 is 0 Å². The van der Waals surface area contributed by atoms with Crippen molar-refractivity contribution in [2.45, 2.75) is 45.2 Å². The lowest BCUT2D eigenvalue weighted by Gasteiger charge is -2.27. The van der Waals surface area contributed by atoms with Crippen LogP contribution in [0.5, 0.6) is 5.75 Å². The van der Waals surface area contributed by atoms with Gasteiger partial charge in [-0.15, -0.1) is 0 Å². The summed E-state index contributed by atoms with van der Waals surface area (Å²) in [5.41, 5.74) is -1.19. The third-order valence-corrected chi connectivity index (χ3v) is 6.04. The van der Waals surface area contributed by atoms with Crippen LogP contribution in [0.2, 0.25) is 0 Å². The Kier molecular flexibility index (Phi) is 6.04. The molecule has 2 aromatic heterocycles. The number of aryl methyl sites for hydroxylation is 1. The molecule has 0 saturated carbocycles. The predicted octanol–water partition coefficient (Wildman–Crippen LogP) is 4.49. The van der Waals surface area contributed by atoms with Gasteiger partial charge in [0, 0.05) is 18.4 Å². The Hall–Kier alpha value is -3.14. The summed E-state index contributed by atoms with van der Waals surface area (Å²) >= 11 is 0. The highest BCUT2D eigenvalue weighted by atomic mass is 19.3. The molecule has 33 heavy (non-hydrogen) atoms. The van der Waals surface area contributed by atoms with Crippen molar-refractivity contribution in [2.24, 2.45) is 0 Å². The van der Waals surface area contributed by atoms with Gasteiger partial charge in [0.25, 0.3) is 12.0 Å². The van der Waals surface area contributed by atoms with E-state index in [1.807, 2.05) is 6.92 Å². The molecule has 1 aromatic carbocycles. The maximum Gasteiger partial charge on any atom is 0.295 e. The number of hydrogen-bond donors (Lipinski definition) is 1. The van der Waals surface area contributed by atoms with Crippen LogP contribution in [0.15, 0.2) is 29.2 Å². The topological polar surface area (TPSA) is 78.3 Å². The molecule has 0 amide bonds. The monoisotopic (exact) mass is 462 g/mol. The Morgan fingerprint density at radius 2 is 2.00 bits per heavy atom. The van der Waals surface area contributed by atoms with Crippen LogP contribution in [-0.2, 0) is 10.3 Å². The Labute approximate surface area is 188 Å². The fourth-order valence-corrected chi connectivity index (χ4v) is 4.17. The number of pyridine rings is 1. The summed E-state index contributed by atoms with van der Waals surface area (Å²) < 4.78 is 53.6. The Morgan fingerprint density at radius 1 is 1.27 bits per heavy atom. The zero-order valence-electron chi connectivity index (χ0n) is 18.8. The fraction of sp³-hybridized carbons (Fsp3) is 0.435. The number of nitrogens with zero attached hydrogens (tertiary/aromatic N) is 3. The highest BCUT2D eigenvalue weighted by molar-refractivity contribution is 5.92. The lowest BCUT2D eigenvalue weighted by atomic mass is 10.0. The third kappa shape index (κ3) is 4.03. The second-order valence-electron chi connectivity index (χ2n) is 8.44. The van der Waals surface area contributed by atoms with Gasteiger partial charge in [0.15, 0.2) is 0 Å². The minimum atomic E-state index is -2.92. The van der Waals surface area contributed by atoms with Crippen molar-refractivity contribution in [3.05, 3.63) is 57.5 Å². The van der Waals surface area contributed by atoms with E-state index in [0.717, 1.165) is 6.07 Å². The van der Waals surface area contributed by atoms with Crippen molar-refractivity contribution < 1.29 is 22.6 Å². The minimum Gasteiger partial charge on any atom is -0.490 e. The molecule has 3 heterocycles. The van der Waals surface area contributed by atoms with E-state index in [0.29, 0.717) is 42.2 Å². The van der Waals surface area contributed by atoms with E-state index in [-0.39, 0.29) is 16.9 Å². The number of anilines is 1. The molecule has 0 spiro atoms. The van der Waals surface area contributed by atoms with Crippen molar-refractivity contribution in [3.8, 4) is 5.75 Å². The number of ether oxygens (including phenoxy) is 2. The van der Waals surface area contributed by atoms with Crippen LogP contribution in [0, 0.1) is 12.7 Å². The van der Waals surface area contributed by atoms with Gasteiger partial charge in [0.05, 0.1) is 36.2 Å². The zero-order valence-corrected chi connectivity index (χ0v) is 18.8. The highest BCUT2D eigenvalue weighted by Gasteiger charge is 2.34. The van der Waals surface area contributed by atoms with Crippen LogP contribution < -0.4 is 15.6 Å². The van der Waals surface area contributed by atoms with Crippen molar-refractivity contribution >= 4 is 16.7 Å². The lowest BCUT2D eigenvalue weighted by molar-refractivity contribution is 0.146. The molecule has 1 aliphatic heterocycles. The summed E-state index contributed by atoms with van der Waals surface area (Å²) in [5, 5.41) is 3.60. The molecule has 3 aromatic rings. The van der Waals surface area contributed by atoms with Crippen LogP contribution in [0.3, 0.4) is 0 Å². The number of methoxy groups -OCH3 is 1. The third-order valence-electron chi connectivity index (χ3n) is 6.04. The van der Waals surface area contributed by atoms with E-state index in [1.165, 1.54) is 19.2 Å². The quantitative estimate of drug-likeness (QED) is 0.582. The molecule has 1 unspecified atom stereocenters. The van der Waals surface area contributed by atoms with Crippen LogP contribution in [0.4, 0.5) is 19.0 Å². The SMILES string of the molecule is COc1c(=O)n(C2(C)CCOC2)cc2c(N[C@H](C)c3cccc(C(F)F)c3F)nc(C)nc12. The normalized spacial score (nSPS) is 19.3. The number of hydrogen-bond acceptors (Lipinski definition) is 6. The summed E-state index contributed by atoms with van der Waals surface area (Å²) in [6.45, 7) is 6.11. The number of fused-ring (bicyclic) bond motifs is 1. The number of halogens is 3. The predicted molar refractivity (Wildman–Crippen MR) is 118 cm³/mol. The molecular formula is C23H25F3N4O3. The highest BCUT2D eigenvalue weighted by Crippen LogP contribution is 2.34. The van der Waals surface area contributed by atoms with Gasteiger partial charge in [-0.25, -0.2) is 23.1 Å². The first-order valence-electron chi connectivity index (χ1n) is 10.6. The first-order chi connectivity index (χ1) is 15.7. The van der Waals surface area contributed by atoms with E-state index < -0.39 is 29.4 Å². The summed E-state index contributed by atoms with van der Waals surface area (Å²) in [4.78, 5) is 22.1. The molecule has 1 aliphatic rings. The fourth-order valence-electron chi connectivity index (χ4n) is 4.17. The van der Waals surface area contributed by atoms with E-state index in [4.69, 9.17) is 9.47 Å². The van der Waals surface area contributed by atoms with Gasteiger partial charge in [0.2, 0.25) is 5.75 Å². The average molecular weight is 462 g/mol. The van der Waals surface area contributed by atoms with E-state index in [2.05, 4.69) is 15.3 Å². The van der Waals surface area contributed by atoms with Crippen molar-refractivity contribution in [2.75, 3.05) is 25.6 Å². The van der Waals surface area contributed by atoms with Gasteiger partial charge in [0.1, 0.15) is 23.0 Å². The molecule has 0 bridgehead atoms. The summed E-state index contributed by atoms with van der Waals surface area (Å²) in [7, 11) is 1.40. The van der Waals surface area contributed by atoms with Crippen molar-refractivity contribution in [1.29, 1.82) is 0 Å². The molecule has 0 aliphatic carbocycles. The molecule has 10 heteroatoms. The first-order valence-corrected chi connectivity index (χ1v) is 10.6. The van der Waals surface area contributed by atoms with E-state index in [9.17, 15) is 18.0 Å². The second kappa shape index (κ2) is 8.66. The molecule has 2 atom stereocenters. The van der Waals surface area contributed by atoms with E-state index >= 15 is 0 Å². The van der Waals surface area contributed by atoms with Gasteiger partial charge < -0.3 is 19.4 Å². The maximum absolute atomic E-state index is 14.7. The van der Waals surface area contributed by atoms with Gasteiger partial charge in [-0.3, -0.25) is 4.79 Å². The Bertz CT molecular complexity index is 1260. The average Bonchev–Trinajstić information content (AvgIpc) is 3.20. The van der Waals surface area contributed by atoms with Crippen LogP contribution >= 0.6 is 0 Å². The van der Waals surface area contributed by atoms with Gasteiger partial charge in [-0.1, -0.05) is 18.2 Å². The summed E-state index contributed by atoms with van der Waals surface area (Å²) in [5.74, 6) is -0.202. The smallest absolute Gasteiger partial charge is 0.295 e. The Morgan fingerprint density at radius 3 is 2.64 bits per heavy atom. The number of alkyl halides is 2. The standard InChI is InChI=1S/C23H25F3N4O3/c1-12(14-6-5-7-15(17(14)24)20(25)26)27-21-16-10-30(23(3)8-9-33-11-23)22(31)19(32-4)18(16)28-13(2)29-21/h5-7,10,12,20H,8-9,11H2,1-4H3,(H,27,28,29)/t12-,23?/m1/s1. The molecule has 0 radical (unpaired) electrons. The molecule has 176 valence electrons. The lowest BCUT2D eigenvalue weighted by Crippen LogP contribution is -2.39. The summed E-state index contributed by atoms with van der Waals surface area (Å²) in [6.07, 6.45) is -0.638. The molecule has 1 saturated heterocycles.